The lowest BCUT2D eigenvalue weighted by molar-refractivity contribution is -0.129. The van der Waals surface area contributed by atoms with Gasteiger partial charge in [0, 0.05) is 19.0 Å². The standard InChI is InChI=1S/C24H28B3N9O5/c1-36(18(37)8-9-28)11-17-31-23(41-35-17)13-4-3-5-14(20(13)40-2)29-15-10-16(30-21(38)12-6-7-12)33-34-19(15)22(39)32-24(25,26)27/h3-5,10,12H,6-8,11,25-27H2,1-2H3,(H,32,39)(H2,29,30,33,38). The molecule has 1 aromatic carbocycles. The van der Waals surface area contributed by atoms with Crippen molar-refractivity contribution in [3.05, 3.63) is 35.8 Å². The summed E-state index contributed by atoms with van der Waals surface area (Å²) in [5.74, 6) is -0.113. The largest absolute Gasteiger partial charge is 0.494 e. The molecule has 1 saturated carbocycles. The van der Waals surface area contributed by atoms with Gasteiger partial charge in [0.25, 0.3) is 11.8 Å². The average molecular weight is 555 g/mol. The van der Waals surface area contributed by atoms with Crippen molar-refractivity contribution in [3.63, 3.8) is 0 Å². The maximum absolute atomic E-state index is 13.1. The van der Waals surface area contributed by atoms with Gasteiger partial charge in [-0.2, -0.15) is 10.2 Å². The van der Waals surface area contributed by atoms with Gasteiger partial charge >= 0.3 is 0 Å². The van der Waals surface area contributed by atoms with E-state index in [2.05, 4.69) is 36.3 Å². The number of amides is 3. The minimum atomic E-state index is -0.532. The molecule has 4 rings (SSSR count). The fourth-order valence-corrected chi connectivity index (χ4v) is 3.79. The molecule has 2 heterocycles. The Bertz CT molecular complexity index is 1520. The molecule has 208 valence electrons. The van der Waals surface area contributed by atoms with Crippen LogP contribution in [0.1, 0.15) is 35.6 Å². The van der Waals surface area contributed by atoms with E-state index in [1.165, 1.54) is 25.1 Å². The van der Waals surface area contributed by atoms with Crippen molar-refractivity contribution >= 4 is 58.5 Å². The van der Waals surface area contributed by atoms with Crippen LogP contribution in [0.4, 0.5) is 17.2 Å². The molecule has 0 saturated heterocycles. The molecule has 1 aliphatic rings. The summed E-state index contributed by atoms with van der Waals surface area (Å²) in [6.07, 6.45) is 1.39. The molecule has 1 fully saturated rings. The van der Waals surface area contributed by atoms with E-state index < -0.39 is 11.1 Å². The third-order valence-electron chi connectivity index (χ3n) is 5.92. The highest BCUT2D eigenvalue weighted by molar-refractivity contribution is 6.60. The molecule has 17 heteroatoms. The molecule has 0 radical (unpaired) electrons. The zero-order valence-electron chi connectivity index (χ0n) is 23.4. The zero-order valence-corrected chi connectivity index (χ0v) is 23.4. The van der Waals surface area contributed by atoms with Crippen LogP contribution in [0, 0.1) is 17.2 Å². The minimum absolute atomic E-state index is 0.0157. The van der Waals surface area contributed by atoms with Gasteiger partial charge in [0.05, 0.1) is 36.7 Å². The smallest absolute Gasteiger partial charge is 0.272 e. The van der Waals surface area contributed by atoms with Crippen molar-refractivity contribution < 1.29 is 23.6 Å². The summed E-state index contributed by atoms with van der Waals surface area (Å²) < 4.78 is 11.1. The Morgan fingerprint density at radius 1 is 1.22 bits per heavy atom. The van der Waals surface area contributed by atoms with E-state index in [-0.39, 0.29) is 59.6 Å². The number of nitrogens with one attached hydrogen (secondary N) is 3. The highest BCUT2D eigenvalue weighted by Gasteiger charge is 2.30. The maximum atomic E-state index is 13.1. The van der Waals surface area contributed by atoms with Crippen molar-refractivity contribution in [2.75, 3.05) is 24.8 Å². The number of ether oxygens (including phenoxy) is 1. The van der Waals surface area contributed by atoms with Crippen LogP contribution in [0.5, 0.6) is 5.75 Å². The van der Waals surface area contributed by atoms with Crippen molar-refractivity contribution in [3.8, 4) is 23.3 Å². The monoisotopic (exact) mass is 555 g/mol. The van der Waals surface area contributed by atoms with Gasteiger partial charge in [0.15, 0.2) is 23.1 Å². The topological polar surface area (TPSA) is 188 Å². The molecule has 3 aromatic rings. The number of anilines is 3. The summed E-state index contributed by atoms with van der Waals surface area (Å²) >= 11 is 0. The van der Waals surface area contributed by atoms with E-state index in [4.69, 9.17) is 14.5 Å². The number of carbonyl (C=O) groups is 3. The Morgan fingerprint density at radius 3 is 2.63 bits per heavy atom. The van der Waals surface area contributed by atoms with Crippen LogP contribution in [0.2, 0.25) is 0 Å². The van der Waals surface area contributed by atoms with Crippen molar-refractivity contribution in [1.29, 1.82) is 5.26 Å². The lowest BCUT2D eigenvalue weighted by Gasteiger charge is -2.21. The fourth-order valence-electron chi connectivity index (χ4n) is 3.79. The summed E-state index contributed by atoms with van der Waals surface area (Å²) in [4.78, 5) is 43.1. The van der Waals surface area contributed by atoms with E-state index in [0.717, 1.165) is 12.8 Å². The molecule has 0 bridgehead atoms. The molecule has 1 aliphatic carbocycles. The highest BCUT2D eigenvalue weighted by Crippen LogP contribution is 2.38. The van der Waals surface area contributed by atoms with E-state index in [1.807, 2.05) is 29.6 Å². The second-order valence-electron chi connectivity index (χ2n) is 10.6. The summed E-state index contributed by atoms with van der Waals surface area (Å²) in [5.41, 5.74) is 1.20. The summed E-state index contributed by atoms with van der Waals surface area (Å²) in [6, 6.07) is 8.52. The quantitative estimate of drug-likeness (QED) is 0.240. The zero-order chi connectivity index (χ0) is 29.7. The predicted molar refractivity (Wildman–Crippen MR) is 155 cm³/mol. The number of para-hydroxylation sites is 1. The lowest BCUT2D eigenvalue weighted by Crippen LogP contribution is -2.50. The first kappa shape index (κ1) is 29.1. The Labute approximate surface area is 238 Å². The van der Waals surface area contributed by atoms with Crippen LogP contribution in [0.15, 0.2) is 28.8 Å². The summed E-state index contributed by atoms with van der Waals surface area (Å²) in [7, 11) is 8.54. The van der Waals surface area contributed by atoms with Gasteiger partial charge in [-0.25, -0.2) is 0 Å². The molecule has 14 nitrogen and oxygen atoms in total. The first-order valence-corrected chi connectivity index (χ1v) is 12.9. The van der Waals surface area contributed by atoms with Crippen LogP contribution in [0.3, 0.4) is 0 Å². The molecule has 3 N–H and O–H groups in total. The van der Waals surface area contributed by atoms with Gasteiger partial charge in [0.2, 0.25) is 11.8 Å². The number of hydrogen-bond acceptors (Lipinski definition) is 11. The first-order valence-electron chi connectivity index (χ1n) is 12.9. The van der Waals surface area contributed by atoms with Crippen LogP contribution in [-0.2, 0) is 16.1 Å². The van der Waals surface area contributed by atoms with Gasteiger partial charge in [-0.1, -0.05) is 11.2 Å². The normalized spacial score (nSPS) is 12.6. The van der Waals surface area contributed by atoms with Crippen molar-refractivity contribution in [2.45, 2.75) is 31.0 Å². The van der Waals surface area contributed by atoms with E-state index in [9.17, 15) is 14.4 Å². The van der Waals surface area contributed by atoms with Crippen LogP contribution in [-0.4, -0.2) is 85.9 Å². The van der Waals surface area contributed by atoms with Gasteiger partial charge in [-0.3, -0.25) is 14.4 Å². The van der Waals surface area contributed by atoms with Crippen LogP contribution < -0.4 is 20.7 Å². The molecule has 2 aromatic heterocycles. The Balaban J connectivity index is 1.65. The number of rotatable bonds is 11. The van der Waals surface area contributed by atoms with Gasteiger partial charge in [-0.05, 0) is 30.2 Å². The number of carbonyl (C=O) groups excluding carboxylic acids is 3. The number of benzene rings is 1. The third kappa shape index (κ3) is 7.41. The number of methoxy groups -OCH3 is 1. The number of hydrogen-bond donors (Lipinski definition) is 3. The molecule has 0 spiro atoms. The van der Waals surface area contributed by atoms with E-state index >= 15 is 0 Å². The molecule has 3 amide bonds. The molecular formula is C24H28B3N9O5. The second kappa shape index (κ2) is 12.1. The number of nitrogens with zero attached hydrogens (tertiary/aromatic N) is 6. The fraction of sp³-hybridized carbons (Fsp3) is 0.333. The van der Waals surface area contributed by atoms with Crippen LogP contribution >= 0.6 is 0 Å². The number of aromatic nitrogens is 4. The first-order chi connectivity index (χ1) is 19.5. The van der Waals surface area contributed by atoms with Gasteiger partial charge in [0.1, 0.15) is 30.0 Å². The summed E-state index contributed by atoms with van der Waals surface area (Å²) in [5, 5.41) is 29.1. The number of nitriles is 1. The highest BCUT2D eigenvalue weighted by atomic mass is 16.5. The summed E-state index contributed by atoms with van der Waals surface area (Å²) in [6.45, 7) is 0.0502. The molecule has 0 aliphatic heterocycles. The van der Waals surface area contributed by atoms with E-state index in [1.54, 1.807) is 18.2 Å². The molecular weight excluding hydrogens is 527 g/mol. The second-order valence-corrected chi connectivity index (χ2v) is 10.6. The van der Waals surface area contributed by atoms with Crippen LogP contribution in [0.25, 0.3) is 11.5 Å². The predicted octanol–water partition coefficient (Wildman–Crippen LogP) is -1.26. The van der Waals surface area contributed by atoms with Gasteiger partial charge < -0.3 is 30.1 Å². The Morgan fingerprint density at radius 2 is 1.98 bits per heavy atom. The SMILES string of the molecule is BC(B)(B)NC(=O)c1nnc(NC(=O)C2CC2)cc1Nc1cccc(-c2nc(CN(C)C(=O)CC#N)no2)c1OC. The Kier molecular flexibility index (Phi) is 8.60. The lowest BCUT2D eigenvalue weighted by atomic mass is 9.49. The van der Waals surface area contributed by atoms with E-state index in [0.29, 0.717) is 17.0 Å². The van der Waals surface area contributed by atoms with Crippen molar-refractivity contribution in [2.24, 2.45) is 5.92 Å². The Hall–Kier alpha value is -4.87. The van der Waals surface area contributed by atoms with Crippen molar-refractivity contribution in [1.82, 2.24) is 30.6 Å². The molecule has 0 atom stereocenters. The molecule has 41 heavy (non-hydrogen) atoms. The molecule has 0 unspecified atom stereocenters. The minimum Gasteiger partial charge on any atom is -0.494 e. The maximum Gasteiger partial charge on any atom is 0.272 e. The third-order valence-corrected chi connectivity index (χ3v) is 5.92. The van der Waals surface area contributed by atoms with Gasteiger partial charge in [-0.15, -0.1) is 10.2 Å². The average Bonchev–Trinajstić information content (AvgIpc) is 3.67.